The van der Waals surface area contributed by atoms with E-state index in [4.69, 9.17) is 0 Å². The van der Waals surface area contributed by atoms with Gasteiger partial charge >= 0.3 is 0 Å². The van der Waals surface area contributed by atoms with Crippen LogP contribution < -0.4 is 0 Å². The molecule has 2 unspecified atom stereocenters. The van der Waals surface area contributed by atoms with Gasteiger partial charge in [-0.25, -0.2) is 0 Å². The van der Waals surface area contributed by atoms with Crippen LogP contribution in [0.25, 0.3) is 0 Å². The number of hydrogen-bond donors (Lipinski definition) is 0. The van der Waals surface area contributed by atoms with E-state index in [2.05, 4.69) is 27.7 Å². The van der Waals surface area contributed by atoms with Crippen LogP contribution in [-0.4, -0.2) is 0 Å². The lowest BCUT2D eigenvalue weighted by Crippen LogP contribution is -2.05. The molecule has 1 saturated carbocycles. The zero-order valence-corrected chi connectivity index (χ0v) is 14.1. The van der Waals surface area contributed by atoms with Gasteiger partial charge in [-0.1, -0.05) is 100 Å². The Labute approximate surface area is 113 Å². The Morgan fingerprint density at radius 1 is 0.706 bits per heavy atom. The SMILES string of the molecule is C1CCC1.CC.CC.CCCC(C)C(C)CC. The van der Waals surface area contributed by atoms with Gasteiger partial charge in [0.25, 0.3) is 0 Å². The largest absolute Gasteiger partial charge is 0.0683 e. The van der Waals surface area contributed by atoms with Gasteiger partial charge in [-0.05, 0) is 11.8 Å². The molecular weight excluding hydrogens is 204 g/mol. The van der Waals surface area contributed by atoms with Crippen molar-refractivity contribution in [3.05, 3.63) is 0 Å². The molecule has 0 radical (unpaired) electrons. The maximum absolute atomic E-state index is 2.36. The van der Waals surface area contributed by atoms with Gasteiger partial charge in [0.15, 0.2) is 0 Å². The maximum atomic E-state index is 2.36. The number of hydrogen-bond acceptors (Lipinski definition) is 0. The first-order valence-electron chi connectivity index (χ1n) is 8.22. The standard InChI is InChI=1S/C9H20.C4H8.2C2H6/c1-5-7-9(4)8(3)6-2;1-2-4-3-1;2*1-2/h8-9H,5-7H2,1-4H3;1-4H2;2*1-2H3. The summed E-state index contributed by atoms with van der Waals surface area (Å²) in [6.07, 6.45) is 10.1. The van der Waals surface area contributed by atoms with Crippen molar-refractivity contribution in [1.29, 1.82) is 0 Å². The van der Waals surface area contributed by atoms with Crippen molar-refractivity contribution in [2.45, 2.75) is 100 Å². The first-order valence-corrected chi connectivity index (χ1v) is 8.22. The molecule has 0 heteroatoms. The minimum absolute atomic E-state index is 0.921. The Balaban J connectivity index is -0.000000202. The van der Waals surface area contributed by atoms with Crippen molar-refractivity contribution >= 4 is 0 Å². The maximum Gasteiger partial charge on any atom is -0.0417 e. The van der Waals surface area contributed by atoms with Crippen LogP contribution in [0.3, 0.4) is 0 Å². The molecule has 17 heavy (non-hydrogen) atoms. The van der Waals surface area contributed by atoms with Crippen molar-refractivity contribution in [3.63, 3.8) is 0 Å². The first kappa shape index (κ1) is 22.2. The molecule has 0 bridgehead atoms. The average Bonchev–Trinajstić information content (AvgIpc) is 2.31. The Morgan fingerprint density at radius 2 is 1.06 bits per heavy atom. The first-order chi connectivity index (χ1) is 8.22. The summed E-state index contributed by atoms with van der Waals surface area (Å²) < 4.78 is 0. The van der Waals surface area contributed by atoms with E-state index in [1.165, 1.54) is 44.9 Å². The molecule has 1 aliphatic carbocycles. The summed E-state index contributed by atoms with van der Waals surface area (Å²) in [5.74, 6) is 1.85. The molecule has 108 valence electrons. The summed E-state index contributed by atoms with van der Waals surface area (Å²) in [6.45, 7) is 17.2. The molecule has 0 heterocycles. The molecule has 0 aromatic rings. The third-order valence-electron chi connectivity index (χ3n) is 3.36. The zero-order valence-electron chi connectivity index (χ0n) is 14.1. The summed E-state index contributed by atoms with van der Waals surface area (Å²) >= 11 is 0. The fraction of sp³-hybridized carbons (Fsp3) is 1.00. The van der Waals surface area contributed by atoms with E-state index in [1.807, 2.05) is 27.7 Å². The van der Waals surface area contributed by atoms with E-state index in [0.29, 0.717) is 0 Å². The second-order valence-corrected chi connectivity index (χ2v) is 4.57. The third-order valence-corrected chi connectivity index (χ3v) is 3.36. The van der Waals surface area contributed by atoms with Crippen molar-refractivity contribution < 1.29 is 0 Å². The molecule has 2 atom stereocenters. The fourth-order valence-corrected chi connectivity index (χ4v) is 1.39. The predicted octanol–water partition coefficient (Wildman–Crippen LogP) is 7.08. The van der Waals surface area contributed by atoms with Gasteiger partial charge in [-0.2, -0.15) is 0 Å². The molecular formula is C17H40. The van der Waals surface area contributed by atoms with Crippen LogP contribution in [0.5, 0.6) is 0 Å². The van der Waals surface area contributed by atoms with Gasteiger partial charge in [0.2, 0.25) is 0 Å². The van der Waals surface area contributed by atoms with E-state index in [-0.39, 0.29) is 0 Å². The highest BCUT2D eigenvalue weighted by molar-refractivity contribution is 4.58. The summed E-state index contributed by atoms with van der Waals surface area (Å²) in [5, 5.41) is 0. The van der Waals surface area contributed by atoms with Crippen LogP contribution in [-0.2, 0) is 0 Å². The van der Waals surface area contributed by atoms with Crippen LogP contribution >= 0.6 is 0 Å². The van der Waals surface area contributed by atoms with Crippen LogP contribution in [0.2, 0.25) is 0 Å². The van der Waals surface area contributed by atoms with Crippen molar-refractivity contribution in [1.82, 2.24) is 0 Å². The average molecular weight is 245 g/mol. The lowest BCUT2D eigenvalue weighted by molar-refractivity contribution is 0.352. The van der Waals surface area contributed by atoms with Crippen LogP contribution in [0, 0.1) is 11.8 Å². The normalized spacial score (nSPS) is 15.5. The molecule has 0 N–H and O–H groups in total. The molecule has 1 fully saturated rings. The van der Waals surface area contributed by atoms with Crippen LogP contribution in [0.15, 0.2) is 0 Å². The minimum Gasteiger partial charge on any atom is -0.0683 e. The van der Waals surface area contributed by atoms with E-state index in [1.54, 1.807) is 0 Å². The lowest BCUT2D eigenvalue weighted by Gasteiger charge is -2.16. The van der Waals surface area contributed by atoms with Crippen molar-refractivity contribution in [2.24, 2.45) is 11.8 Å². The summed E-state index contributed by atoms with van der Waals surface area (Å²) in [6, 6.07) is 0. The molecule has 0 spiro atoms. The second-order valence-electron chi connectivity index (χ2n) is 4.57. The molecule has 1 rings (SSSR count). The Bertz CT molecular complexity index is 88.2. The predicted molar refractivity (Wildman–Crippen MR) is 84.7 cm³/mol. The molecule has 0 aliphatic heterocycles. The molecule has 0 aromatic heterocycles. The number of rotatable bonds is 4. The van der Waals surface area contributed by atoms with Crippen LogP contribution in [0.4, 0.5) is 0 Å². The highest BCUT2D eigenvalue weighted by atomic mass is 14.1. The molecule has 0 nitrogen and oxygen atoms in total. The Hall–Kier alpha value is 0. The van der Waals surface area contributed by atoms with Crippen LogP contribution in [0.1, 0.15) is 100 Å². The van der Waals surface area contributed by atoms with Gasteiger partial charge in [-0.15, -0.1) is 0 Å². The smallest absolute Gasteiger partial charge is 0.0417 e. The molecule has 0 amide bonds. The Morgan fingerprint density at radius 3 is 1.24 bits per heavy atom. The second kappa shape index (κ2) is 21.3. The van der Waals surface area contributed by atoms with Gasteiger partial charge in [-0.3, -0.25) is 0 Å². The van der Waals surface area contributed by atoms with Gasteiger partial charge in [0, 0.05) is 0 Å². The van der Waals surface area contributed by atoms with Crippen molar-refractivity contribution in [2.75, 3.05) is 0 Å². The Kier molecular flexibility index (Phi) is 27.8. The summed E-state index contributed by atoms with van der Waals surface area (Å²) in [4.78, 5) is 0. The highest BCUT2D eigenvalue weighted by Gasteiger charge is 2.07. The summed E-state index contributed by atoms with van der Waals surface area (Å²) in [5.41, 5.74) is 0. The van der Waals surface area contributed by atoms with E-state index >= 15 is 0 Å². The van der Waals surface area contributed by atoms with Crippen molar-refractivity contribution in [3.8, 4) is 0 Å². The highest BCUT2D eigenvalue weighted by Crippen LogP contribution is 2.18. The van der Waals surface area contributed by atoms with Gasteiger partial charge < -0.3 is 0 Å². The van der Waals surface area contributed by atoms with E-state index < -0.39 is 0 Å². The minimum atomic E-state index is 0.921. The molecule has 0 saturated heterocycles. The van der Waals surface area contributed by atoms with E-state index in [9.17, 15) is 0 Å². The summed E-state index contributed by atoms with van der Waals surface area (Å²) in [7, 11) is 0. The van der Waals surface area contributed by atoms with E-state index in [0.717, 1.165) is 11.8 Å². The molecule has 0 aromatic carbocycles. The zero-order chi connectivity index (χ0) is 14.1. The monoisotopic (exact) mass is 244 g/mol. The third kappa shape index (κ3) is 18.6. The van der Waals surface area contributed by atoms with Gasteiger partial charge in [0.1, 0.15) is 0 Å². The quantitative estimate of drug-likeness (QED) is 0.495. The lowest BCUT2D eigenvalue weighted by atomic mass is 9.90. The fourth-order valence-electron chi connectivity index (χ4n) is 1.39. The molecule has 1 aliphatic rings. The topological polar surface area (TPSA) is 0 Å². The van der Waals surface area contributed by atoms with Gasteiger partial charge in [0.05, 0.1) is 0 Å².